The number of benzene rings is 1. The van der Waals surface area contributed by atoms with Crippen molar-refractivity contribution in [1.82, 2.24) is 5.32 Å². The predicted molar refractivity (Wildman–Crippen MR) is 78.5 cm³/mol. The lowest BCUT2D eigenvalue weighted by Crippen LogP contribution is -2.48. The fourth-order valence-electron chi connectivity index (χ4n) is 3.36. The molecule has 0 radical (unpaired) electrons. The molecule has 1 heterocycles. The Morgan fingerprint density at radius 3 is 2.90 bits per heavy atom. The van der Waals surface area contributed by atoms with Crippen LogP contribution in [0, 0.1) is 5.92 Å². The van der Waals surface area contributed by atoms with Crippen molar-refractivity contribution in [3.05, 3.63) is 29.8 Å². The van der Waals surface area contributed by atoms with E-state index >= 15 is 0 Å². The zero-order valence-electron chi connectivity index (χ0n) is 11.6. The minimum Gasteiger partial charge on any atom is -0.396 e. The first-order valence-corrected chi connectivity index (χ1v) is 7.53. The molecule has 20 heavy (non-hydrogen) atoms. The summed E-state index contributed by atoms with van der Waals surface area (Å²) < 4.78 is 0. The number of para-hydroxylation sites is 1. The summed E-state index contributed by atoms with van der Waals surface area (Å²) in [6, 6.07) is 8.02. The zero-order chi connectivity index (χ0) is 13.9. The zero-order valence-corrected chi connectivity index (χ0v) is 11.6. The second-order valence-corrected chi connectivity index (χ2v) is 5.90. The average Bonchev–Trinajstić information content (AvgIpc) is 2.92. The summed E-state index contributed by atoms with van der Waals surface area (Å²) in [4.78, 5) is 12.4. The third-order valence-electron chi connectivity index (χ3n) is 4.56. The highest BCUT2D eigenvalue weighted by Crippen LogP contribution is 2.27. The first kappa shape index (κ1) is 13.4. The van der Waals surface area contributed by atoms with E-state index in [0.29, 0.717) is 0 Å². The molecule has 1 amide bonds. The lowest BCUT2D eigenvalue weighted by atomic mass is 9.85. The first-order valence-electron chi connectivity index (χ1n) is 7.53. The Morgan fingerprint density at radius 1 is 1.30 bits per heavy atom. The molecule has 3 atom stereocenters. The van der Waals surface area contributed by atoms with Crippen LogP contribution in [0.5, 0.6) is 0 Å². The molecule has 4 nitrogen and oxygen atoms in total. The van der Waals surface area contributed by atoms with Crippen molar-refractivity contribution in [1.29, 1.82) is 0 Å². The van der Waals surface area contributed by atoms with E-state index < -0.39 is 0 Å². The van der Waals surface area contributed by atoms with E-state index in [9.17, 15) is 9.90 Å². The Morgan fingerprint density at radius 2 is 2.10 bits per heavy atom. The number of aliphatic hydroxyl groups excluding tert-OH is 1. The number of hydrogen-bond donors (Lipinski definition) is 3. The van der Waals surface area contributed by atoms with Gasteiger partial charge in [0.05, 0.1) is 0 Å². The second-order valence-electron chi connectivity index (χ2n) is 5.90. The van der Waals surface area contributed by atoms with Crippen LogP contribution in [0.25, 0.3) is 0 Å². The number of nitrogens with one attached hydrogen (secondary N) is 2. The molecule has 0 saturated heterocycles. The molecular weight excluding hydrogens is 252 g/mol. The third kappa shape index (κ3) is 2.66. The molecule has 108 valence electrons. The van der Waals surface area contributed by atoms with Gasteiger partial charge in [-0.3, -0.25) is 4.79 Å². The Kier molecular flexibility index (Phi) is 3.92. The molecule has 3 rings (SSSR count). The quantitative estimate of drug-likeness (QED) is 0.786. The maximum atomic E-state index is 12.4. The monoisotopic (exact) mass is 274 g/mol. The Balaban J connectivity index is 1.60. The Bertz CT molecular complexity index is 464. The highest BCUT2D eigenvalue weighted by molar-refractivity contribution is 5.87. The van der Waals surface area contributed by atoms with Gasteiger partial charge in [-0.15, -0.1) is 0 Å². The van der Waals surface area contributed by atoms with Gasteiger partial charge in [-0.2, -0.15) is 0 Å². The molecule has 1 fully saturated rings. The maximum absolute atomic E-state index is 12.4. The van der Waals surface area contributed by atoms with E-state index in [1.807, 2.05) is 18.2 Å². The van der Waals surface area contributed by atoms with Crippen LogP contribution in [-0.2, 0) is 11.2 Å². The molecule has 1 aromatic carbocycles. The molecule has 1 aromatic rings. The summed E-state index contributed by atoms with van der Waals surface area (Å²) in [6.07, 6.45) is 5.04. The molecule has 4 heteroatoms. The number of carbonyl (C=O) groups is 1. The number of carbonyl (C=O) groups excluding carboxylic acids is 1. The fourth-order valence-corrected chi connectivity index (χ4v) is 3.36. The van der Waals surface area contributed by atoms with Crippen molar-refractivity contribution in [3.8, 4) is 0 Å². The number of aliphatic hydroxyl groups is 1. The average molecular weight is 274 g/mol. The first-order chi connectivity index (χ1) is 9.78. The second kappa shape index (κ2) is 5.83. The molecule has 1 aliphatic carbocycles. The molecule has 0 aromatic heterocycles. The van der Waals surface area contributed by atoms with Gasteiger partial charge in [0, 0.05) is 30.7 Å². The van der Waals surface area contributed by atoms with Crippen LogP contribution in [0.1, 0.15) is 31.2 Å². The van der Waals surface area contributed by atoms with Crippen LogP contribution in [0.4, 0.5) is 5.69 Å². The van der Waals surface area contributed by atoms with E-state index in [2.05, 4.69) is 16.7 Å². The number of rotatable bonds is 3. The summed E-state index contributed by atoms with van der Waals surface area (Å²) in [5, 5.41) is 15.8. The van der Waals surface area contributed by atoms with Gasteiger partial charge in [0.1, 0.15) is 6.04 Å². The summed E-state index contributed by atoms with van der Waals surface area (Å²) in [6.45, 7) is 0.170. The summed E-state index contributed by atoms with van der Waals surface area (Å²) in [5.74, 6) is 0.281. The molecule has 2 aliphatic rings. The Hall–Kier alpha value is -1.55. The topological polar surface area (TPSA) is 61.4 Å². The van der Waals surface area contributed by atoms with Crippen molar-refractivity contribution in [2.24, 2.45) is 5.92 Å². The van der Waals surface area contributed by atoms with E-state index in [0.717, 1.165) is 37.8 Å². The number of hydrogen-bond acceptors (Lipinski definition) is 3. The predicted octanol–water partition coefficient (Wildman–Crippen LogP) is 1.69. The molecule has 0 bridgehead atoms. The van der Waals surface area contributed by atoms with Gasteiger partial charge in [0.15, 0.2) is 0 Å². The van der Waals surface area contributed by atoms with Crippen LogP contribution in [-0.4, -0.2) is 29.7 Å². The van der Waals surface area contributed by atoms with Crippen LogP contribution < -0.4 is 10.6 Å². The minimum absolute atomic E-state index is 0.0616. The molecule has 0 spiro atoms. The summed E-state index contributed by atoms with van der Waals surface area (Å²) in [7, 11) is 0. The SMILES string of the molecule is O=C(NC1CCCCC1CO)C1Cc2ccccc2N1. The largest absolute Gasteiger partial charge is 0.396 e. The molecule has 1 saturated carbocycles. The van der Waals surface area contributed by atoms with Gasteiger partial charge >= 0.3 is 0 Å². The maximum Gasteiger partial charge on any atom is 0.243 e. The van der Waals surface area contributed by atoms with Gasteiger partial charge in [-0.25, -0.2) is 0 Å². The summed E-state index contributed by atoms with van der Waals surface area (Å²) >= 11 is 0. The highest BCUT2D eigenvalue weighted by Gasteiger charge is 2.31. The van der Waals surface area contributed by atoms with Crippen molar-refractivity contribution in [2.75, 3.05) is 11.9 Å². The lowest BCUT2D eigenvalue weighted by Gasteiger charge is -2.31. The van der Waals surface area contributed by atoms with Crippen LogP contribution >= 0.6 is 0 Å². The van der Waals surface area contributed by atoms with Gasteiger partial charge in [-0.05, 0) is 24.5 Å². The molecule has 3 N–H and O–H groups in total. The highest BCUT2D eigenvalue weighted by atomic mass is 16.3. The van der Waals surface area contributed by atoms with Crippen molar-refractivity contribution >= 4 is 11.6 Å². The number of fused-ring (bicyclic) bond motifs is 1. The van der Waals surface area contributed by atoms with Crippen LogP contribution in [0.3, 0.4) is 0 Å². The van der Waals surface area contributed by atoms with Crippen molar-refractivity contribution in [2.45, 2.75) is 44.2 Å². The summed E-state index contributed by atoms with van der Waals surface area (Å²) in [5.41, 5.74) is 2.27. The van der Waals surface area contributed by atoms with Gasteiger partial charge < -0.3 is 15.7 Å². The van der Waals surface area contributed by atoms with Gasteiger partial charge in [0.25, 0.3) is 0 Å². The fraction of sp³-hybridized carbons (Fsp3) is 0.562. The molecule has 1 aliphatic heterocycles. The van der Waals surface area contributed by atoms with Gasteiger partial charge in [-0.1, -0.05) is 31.0 Å². The van der Waals surface area contributed by atoms with E-state index in [-0.39, 0.29) is 30.5 Å². The van der Waals surface area contributed by atoms with E-state index in [1.54, 1.807) is 0 Å². The third-order valence-corrected chi connectivity index (χ3v) is 4.56. The normalized spacial score (nSPS) is 28.6. The van der Waals surface area contributed by atoms with Crippen LogP contribution in [0.2, 0.25) is 0 Å². The number of amides is 1. The van der Waals surface area contributed by atoms with Crippen LogP contribution in [0.15, 0.2) is 24.3 Å². The molecule has 3 unspecified atom stereocenters. The lowest BCUT2D eigenvalue weighted by molar-refractivity contribution is -0.123. The van der Waals surface area contributed by atoms with E-state index in [1.165, 1.54) is 5.56 Å². The standard InChI is InChI=1S/C16H22N2O2/c19-10-12-6-2-4-8-14(12)18-16(20)15-9-11-5-1-3-7-13(11)17-15/h1,3,5,7,12,14-15,17,19H,2,4,6,8-10H2,(H,18,20). The molecular formula is C16H22N2O2. The van der Waals surface area contributed by atoms with Crippen molar-refractivity contribution < 1.29 is 9.90 Å². The Labute approximate surface area is 119 Å². The minimum atomic E-state index is -0.173. The van der Waals surface area contributed by atoms with Gasteiger partial charge in [0.2, 0.25) is 5.91 Å². The van der Waals surface area contributed by atoms with E-state index in [4.69, 9.17) is 0 Å². The van der Waals surface area contributed by atoms with Crippen molar-refractivity contribution in [3.63, 3.8) is 0 Å². The number of anilines is 1. The smallest absolute Gasteiger partial charge is 0.243 e.